The molecule has 0 aliphatic carbocycles. The second-order valence-electron chi connectivity index (χ2n) is 12.4. The molecule has 8 aromatic carbocycles. The van der Waals surface area contributed by atoms with Gasteiger partial charge in [0, 0.05) is 17.6 Å². The number of anilines is 3. The summed E-state index contributed by atoms with van der Waals surface area (Å²) in [5.41, 5.74) is 8.26. The molecule has 9 rings (SSSR count). The lowest BCUT2D eigenvalue weighted by atomic mass is 9.84. The minimum atomic E-state index is 0.891. The number of benzene rings is 8. The zero-order valence-corrected chi connectivity index (χ0v) is 26.6. The predicted molar refractivity (Wildman–Crippen MR) is 205 cm³/mol. The van der Waals surface area contributed by atoms with Crippen LogP contribution in [0.5, 0.6) is 0 Å². The quantitative estimate of drug-likeness (QED) is 0.142. The third kappa shape index (κ3) is 4.61. The Labute approximate surface area is 280 Å². The second-order valence-corrected chi connectivity index (χ2v) is 12.4. The average molecular weight is 613 g/mol. The van der Waals surface area contributed by atoms with Gasteiger partial charge in [-0.1, -0.05) is 133 Å². The molecule has 0 aliphatic rings. The van der Waals surface area contributed by atoms with Gasteiger partial charge in [-0.25, -0.2) is 4.98 Å². The van der Waals surface area contributed by atoms with E-state index in [0.29, 0.717) is 0 Å². The molecule has 0 unspecified atom stereocenters. The molecular formula is C46H32N2. The van der Waals surface area contributed by atoms with E-state index in [1.54, 1.807) is 0 Å². The van der Waals surface area contributed by atoms with Gasteiger partial charge in [-0.15, -0.1) is 0 Å². The van der Waals surface area contributed by atoms with Gasteiger partial charge >= 0.3 is 0 Å². The predicted octanol–water partition coefficient (Wildman–Crippen LogP) is 12.8. The van der Waals surface area contributed by atoms with Gasteiger partial charge in [0.15, 0.2) is 0 Å². The van der Waals surface area contributed by atoms with Crippen molar-refractivity contribution in [2.45, 2.75) is 6.92 Å². The Balaban J connectivity index is 1.27. The molecular weight excluding hydrogens is 581 g/mol. The number of hydrogen-bond donors (Lipinski definition) is 0. The number of aromatic nitrogens is 1. The van der Waals surface area contributed by atoms with Gasteiger partial charge in [0.2, 0.25) is 0 Å². The Morgan fingerprint density at radius 3 is 1.56 bits per heavy atom. The highest BCUT2D eigenvalue weighted by Crippen LogP contribution is 2.47. The first-order valence-corrected chi connectivity index (χ1v) is 16.5. The lowest BCUT2D eigenvalue weighted by Crippen LogP contribution is -2.11. The monoisotopic (exact) mass is 612 g/mol. The minimum absolute atomic E-state index is 0.891. The molecule has 9 aromatic rings. The fourth-order valence-electron chi connectivity index (χ4n) is 7.35. The average Bonchev–Trinajstić information content (AvgIpc) is 3.15. The van der Waals surface area contributed by atoms with E-state index in [9.17, 15) is 0 Å². The zero-order chi connectivity index (χ0) is 32.0. The third-order valence-corrected chi connectivity index (χ3v) is 9.52. The van der Waals surface area contributed by atoms with Crippen LogP contribution in [-0.2, 0) is 0 Å². The Bertz CT molecular complexity index is 2550. The van der Waals surface area contributed by atoms with E-state index in [0.717, 1.165) is 22.8 Å². The summed E-state index contributed by atoms with van der Waals surface area (Å²) >= 11 is 0. The van der Waals surface area contributed by atoms with Gasteiger partial charge in [-0.3, -0.25) is 4.90 Å². The third-order valence-electron chi connectivity index (χ3n) is 9.52. The number of rotatable bonds is 5. The van der Waals surface area contributed by atoms with Crippen LogP contribution in [0.1, 0.15) is 5.56 Å². The van der Waals surface area contributed by atoms with Crippen molar-refractivity contribution < 1.29 is 0 Å². The summed E-state index contributed by atoms with van der Waals surface area (Å²) in [6.07, 6.45) is 1.93. The first-order valence-electron chi connectivity index (χ1n) is 16.5. The number of fused-ring (bicyclic) bond motifs is 5. The summed E-state index contributed by atoms with van der Waals surface area (Å²) in [4.78, 5) is 7.01. The molecule has 0 radical (unpaired) electrons. The van der Waals surface area contributed by atoms with Crippen LogP contribution in [0, 0.1) is 6.92 Å². The maximum absolute atomic E-state index is 4.80. The first kappa shape index (κ1) is 28.0. The topological polar surface area (TPSA) is 16.1 Å². The molecule has 0 atom stereocenters. The van der Waals surface area contributed by atoms with E-state index < -0.39 is 0 Å². The van der Waals surface area contributed by atoms with Gasteiger partial charge in [0.25, 0.3) is 0 Å². The summed E-state index contributed by atoms with van der Waals surface area (Å²) in [6, 6.07) is 61.4. The van der Waals surface area contributed by atoms with Crippen molar-refractivity contribution in [2.24, 2.45) is 0 Å². The molecule has 0 fully saturated rings. The van der Waals surface area contributed by atoms with E-state index in [1.165, 1.54) is 65.3 Å². The Morgan fingerprint density at radius 1 is 0.417 bits per heavy atom. The van der Waals surface area contributed by atoms with Crippen LogP contribution in [0.2, 0.25) is 0 Å². The zero-order valence-electron chi connectivity index (χ0n) is 26.6. The maximum Gasteiger partial charge on any atom is 0.137 e. The van der Waals surface area contributed by atoms with Crippen molar-refractivity contribution >= 4 is 60.3 Å². The summed E-state index contributed by atoms with van der Waals surface area (Å²) in [7, 11) is 0. The molecule has 0 bridgehead atoms. The van der Waals surface area contributed by atoms with Crippen LogP contribution in [0.3, 0.4) is 0 Å². The Morgan fingerprint density at radius 2 is 0.938 bits per heavy atom. The van der Waals surface area contributed by atoms with Gasteiger partial charge in [0.05, 0.1) is 0 Å². The van der Waals surface area contributed by atoms with Crippen LogP contribution in [-0.4, -0.2) is 4.98 Å². The standard InChI is InChI=1S/C46H32N2/c1-31-23-28-44(47-30-31)48(34-14-3-2-4-15-34)35-26-24-32(25-27-35)45-39-19-9-11-21-41(39)46(42-22-12-10-20-40(42)45)43-29-33-13-5-6-16-36(33)37-17-7-8-18-38(37)43/h2-30H,1H3. The first-order chi connectivity index (χ1) is 23.7. The molecule has 0 N–H and O–H groups in total. The lowest BCUT2D eigenvalue weighted by Gasteiger charge is -2.25. The van der Waals surface area contributed by atoms with Crippen molar-refractivity contribution in [1.29, 1.82) is 0 Å². The van der Waals surface area contributed by atoms with E-state index in [4.69, 9.17) is 4.98 Å². The number of nitrogens with zero attached hydrogens (tertiary/aromatic N) is 2. The van der Waals surface area contributed by atoms with Crippen LogP contribution in [0.4, 0.5) is 17.2 Å². The van der Waals surface area contributed by atoms with Crippen LogP contribution >= 0.6 is 0 Å². The van der Waals surface area contributed by atoms with E-state index in [2.05, 4.69) is 176 Å². The van der Waals surface area contributed by atoms with Crippen molar-refractivity contribution in [1.82, 2.24) is 4.98 Å². The molecule has 1 heterocycles. The molecule has 0 saturated carbocycles. The van der Waals surface area contributed by atoms with Crippen molar-refractivity contribution in [2.75, 3.05) is 4.90 Å². The smallest absolute Gasteiger partial charge is 0.137 e. The maximum atomic E-state index is 4.80. The van der Waals surface area contributed by atoms with Crippen LogP contribution < -0.4 is 4.90 Å². The van der Waals surface area contributed by atoms with E-state index >= 15 is 0 Å². The van der Waals surface area contributed by atoms with Crippen LogP contribution in [0.25, 0.3) is 65.3 Å². The molecule has 1 aromatic heterocycles. The summed E-state index contributed by atoms with van der Waals surface area (Å²) < 4.78 is 0. The van der Waals surface area contributed by atoms with Crippen molar-refractivity contribution in [3.05, 3.63) is 182 Å². The molecule has 2 nitrogen and oxygen atoms in total. The molecule has 0 amide bonds. The Hall–Kier alpha value is -6.25. The summed E-state index contributed by atoms with van der Waals surface area (Å²) in [5, 5.41) is 10.1. The van der Waals surface area contributed by atoms with Crippen LogP contribution in [0.15, 0.2) is 176 Å². The molecule has 0 aliphatic heterocycles. The second kappa shape index (κ2) is 11.5. The van der Waals surface area contributed by atoms with Gasteiger partial charge in [-0.05, 0) is 114 Å². The SMILES string of the molecule is Cc1ccc(N(c2ccccc2)c2ccc(-c3c4ccccc4c(-c4cc5ccccc5c5ccccc45)c4ccccc34)cc2)nc1. The fourth-order valence-corrected chi connectivity index (χ4v) is 7.35. The van der Waals surface area contributed by atoms with Gasteiger partial charge in [0.1, 0.15) is 5.82 Å². The van der Waals surface area contributed by atoms with Crippen molar-refractivity contribution in [3.63, 3.8) is 0 Å². The van der Waals surface area contributed by atoms with Gasteiger partial charge in [-0.2, -0.15) is 0 Å². The fraction of sp³-hybridized carbons (Fsp3) is 0.0217. The largest absolute Gasteiger partial charge is 0.295 e. The lowest BCUT2D eigenvalue weighted by molar-refractivity contribution is 1.16. The van der Waals surface area contributed by atoms with Gasteiger partial charge < -0.3 is 0 Å². The number of pyridine rings is 1. The number of para-hydroxylation sites is 1. The summed E-state index contributed by atoms with van der Waals surface area (Å²) in [6.45, 7) is 2.07. The number of hydrogen-bond acceptors (Lipinski definition) is 2. The van der Waals surface area contributed by atoms with E-state index in [-0.39, 0.29) is 0 Å². The molecule has 0 saturated heterocycles. The summed E-state index contributed by atoms with van der Waals surface area (Å²) in [5.74, 6) is 0.891. The number of aryl methyl sites for hydroxylation is 1. The highest BCUT2D eigenvalue weighted by atomic mass is 15.2. The van der Waals surface area contributed by atoms with Crippen molar-refractivity contribution in [3.8, 4) is 22.3 Å². The highest BCUT2D eigenvalue weighted by Gasteiger charge is 2.20. The molecule has 226 valence electrons. The normalized spacial score (nSPS) is 11.4. The minimum Gasteiger partial charge on any atom is -0.295 e. The highest BCUT2D eigenvalue weighted by molar-refractivity contribution is 6.25. The molecule has 0 spiro atoms. The van der Waals surface area contributed by atoms with E-state index in [1.807, 2.05) is 12.3 Å². The Kier molecular flexibility index (Phi) is 6.72. The molecule has 48 heavy (non-hydrogen) atoms. The molecule has 2 heteroatoms.